The third-order valence-corrected chi connectivity index (χ3v) is 4.84. The second kappa shape index (κ2) is 4.96. The molecule has 1 atom stereocenters. The van der Waals surface area contributed by atoms with Crippen LogP contribution in [0.25, 0.3) is 0 Å². The van der Waals surface area contributed by atoms with E-state index in [1.165, 1.54) is 0 Å². The maximum Gasteiger partial charge on any atom is 0.322 e. The van der Waals surface area contributed by atoms with Gasteiger partial charge in [0.2, 0.25) is 0 Å². The van der Waals surface area contributed by atoms with E-state index in [9.17, 15) is 14.4 Å². The molecule has 0 radical (unpaired) electrons. The quantitative estimate of drug-likeness (QED) is 0.810. The van der Waals surface area contributed by atoms with Gasteiger partial charge in [0, 0.05) is 17.1 Å². The first kappa shape index (κ1) is 15.8. The Kier molecular flexibility index (Phi) is 3.41. The Bertz CT molecular complexity index is 726. The van der Waals surface area contributed by atoms with Crippen LogP contribution in [0, 0.1) is 5.41 Å². The molecule has 2 aliphatic heterocycles. The molecule has 2 aliphatic rings. The van der Waals surface area contributed by atoms with Crippen LogP contribution in [0.3, 0.4) is 0 Å². The molecule has 0 bridgehead atoms. The number of fused-ring (bicyclic) bond motifs is 1. The molecule has 0 spiro atoms. The molecule has 2 heterocycles. The predicted octanol–water partition coefficient (Wildman–Crippen LogP) is 1.92. The third kappa shape index (κ3) is 2.37. The van der Waals surface area contributed by atoms with Crippen LogP contribution in [-0.2, 0) is 11.3 Å². The van der Waals surface area contributed by atoms with Gasteiger partial charge in [-0.15, -0.1) is 0 Å². The van der Waals surface area contributed by atoms with Crippen LogP contribution in [0.5, 0.6) is 0 Å². The molecule has 0 aliphatic carbocycles. The summed E-state index contributed by atoms with van der Waals surface area (Å²) in [7, 11) is 0. The highest BCUT2D eigenvalue weighted by Crippen LogP contribution is 2.36. The largest absolute Gasteiger partial charge is 0.331 e. The van der Waals surface area contributed by atoms with E-state index < -0.39 is 22.9 Å². The van der Waals surface area contributed by atoms with Gasteiger partial charge in [0.05, 0.1) is 6.54 Å². The maximum absolute atomic E-state index is 12.6. The van der Waals surface area contributed by atoms with Crippen LogP contribution in [0.2, 0.25) is 5.02 Å². The highest BCUT2D eigenvalue weighted by atomic mass is 35.5. The first-order valence-electron chi connectivity index (χ1n) is 7.35. The van der Waals surface area contributed by atoms with Crippen molar-refractivity contribution in [1.29, 1.82) is 0 Å². The molecule has 2 N–H and O–H groups in total. The van der Waals surface area contributed by atoms with Gasteiger partial charge in [0.25, 0.3) is 11.8 Å². The molecule has 23 heavy (non-hydrogen) atoms. The van der Waals surface area contributed by atoms with Gasteiger partial charge in [-0.05, 0) is 23.1 Å². The molecule has 6 nitrogen and oxygen atoms in total. The summed E-state index contributed by atoms with van der Waals surface area (Å²) in [5.41, 5.74) is -0.305. The number of hydrogen-bond acceptors (Lipinski definition) is 3. The molecule has 1 fully saturated rings. The summed E-state index contributed by atoms with van der Waals surface area (Å²) in [5, 5.41) is 5.51. The third-order valence-electron chi connectivity index (χ3n) is 4.60. The Morgan fingerprint density at radius 1 is 1.26 bits per heavy atom. The van der Waals surface area contributed by atoms with Gasteiger partial charge in [-0.25, -0.2) is 4.79 Å². The van der Waals surface area contributed by atoms with Crippen molar-refractivity contribution in [3.8, 4) is 0 Å². The van der Waals surface area contributed by atoms with Crippen molar-refractivity contribution in [1.82, 2.24) is 15.5 Å². The summed E-state index contributed by atoms with van der Waals surface area (Å²) in [4.78, 5) is 38.3. The fourth-order valence-corrected chi connectivity index (χ4v) is 3.29. The minimum Gasteiger partial charge on any atom is -0.331 e. The van der Waals surface area contributed by atoms with Crippen LogP contribution in [-0.4, -0.2) is 34.8 Å². The predicted molar refractivity (Wildman–Crippen MR) is 85.1 cm³/mol. The van der Waals surface area contributed by atoms with Crippen molar-refractivity contribution in [2.45, 2.75) is 32.9 Å². The standard InChI is InChI=1S/C16H18ClN3O3/c1-15(2,3)16(13(22)18-14(23)19-16)8-20-7-9-4-5-10(17)6-11(9)12(20)21/h4-6H,7-8H2,1-3H3,(H2,18,19,22,23). The number of imide groups is 1. The number of nitrogens with one attached hydrogen (secondary N) is 2. The average molecular weight is 336 g/mol. The molecule has 0 aromatic heterocycles. The molecule has 4 amide bonds. The van der Waals surface area contributed by atoms with Crippen molar-refractivity contribution in [2.24, 2.45) is 5.41 Å². The normalized spacial score (nSPS) is 23.8. The fourth-order valence-electron chi connectivity index (χ4n) is 3.12. The minimum absolute atomic E-state index is 0.110. The smallest absolute Gasteiger partial charge is 0.322 e. The molecule has 1 unspecified atom stereocenters. The van der Waals surface area contributed by atoms with Gasteiger partial charge in [-0.1, -0.05) is 38.4 Å². The van der Waals surface area contributed by atoms with E-state index in [1.54, 1.807) is 17.0 Å². The Hall–Kier alpha value is -2.08. The summed E-state index contributed by atoms with van der Waals surface area (Å²) < 4.78 is 0. The van der Waals surface area contributed by atoms with E-state index in [0.29, 0.717) is 17.1 Å². The Morgan fingerprint density at radius 3 is 2.52 bits per heavy atom. The Balaban J connectivity index is 1.93. The van der Waals surface area contributed by atoms with E-state index in [2.05, 4.69) is 10.6 Å². The van der Waals surface area contributed by atoms with Gasteiger partial charge in [0.15, 0.2) is 0 Å². The van der Waals surface area contributed by atoms with Gasteiger partial charge >= 0.3 is 6.03 Å². The van der Waals surface area contributed by atoms with Crippen LogP contribution in [0.4, 0.5) is 4.79 Å². The van der Waals surface area contributed by atoms with Crippen LogP contribution in [0.1, 0.15) is 36.7 Å². The second-order valence-electron chi connectivity index (χ2n) is 7.03. The number of carbonyl (C=O) groups is 3. The molecule has 122 valence electrons. The maximum atomic E-state index is 12.6. The molecule has 1 saturated heterocycles. The first-order chi connectivity index (χ1) is 10.6. The second-order valence-corrected chi connectivity index (χ2v) is 7.46. The van der Waals surface area contributed by atoms with Crippen molar-refractivity contribution in [3.63, 3.8) is 0 Å². The highest BCUT2D eigenvalue weighted by molar-refractivity contribution is 6.31. The molecule has 1 aromatic rings. The zero-order valence-electron chi connectivity index (χ0n) is 13.2. The van der Waals surface area contributed by atoms with E-state index in [1.807, 2.05) is 26.8 Å². The van der Waals surface area contributed by atoms with Gasteiger partial charge < -0.3 is 10.2 Å². The molecule has 0 saturated carbocycles. The molecule has 1 aromatic carbocycles. The number of amides is 4. The summed E-state index contributed by atoms with van der Waals surface area (Å²) >= 11 is 5.96. The average Bonchev–Trinajstić information content (AvgIpc) is 2.89. The minimum atomic E-state index is -1.16. The lowest BCUT2D eigenvalue weighted by Crippen LogP contribution is -2.63. The molecule has 3 rings (SSSR count). The lowest BCUT2D eigenvalue weighted by Gasteiger charge is -2.41. The van der Waals surface area contributed by atoms with E-state index >= 15 is 0 Å². The number of halogens is 1. The molecule has 7 heteroatoms. The number of benzene rings is 1. The van der Waals surface area contributed by atoms with E-state index in [-0.39, 0.29) is 12.5 Å². The topological polar surface area (TPSA) is 78.5 Å². The van der Waals surface area contributed by atoms with Crippen LogP contribution in [0.15, 0.2) is 18.2 Å². The molecular formula is C16H18ClN3O3. The lowest BCUT2D eigenvalue weighted by molar-refractivity contribution is -0.128. The van der Waals surface area contributed by atoms with E-state index in [0.717, 1.165) is 5.56 Å². The lowest BCUT2D eigenvalue weighted by atomic mass is 9.73. The monoisotopic (exact) mass is 335 g/mol. The Morgan fingerprint density at radius 2 is 1.96 bits per heavy atom. The van der Waals surface area contributed by atoms with Crippen molar-refractivity contribution in [2.75, 3.05) is 6.54 Å². The SMILES string of the molecule is CC(C)(C)C1(CN2Cc3ccc(Cl)cc3C2=O)NC(=O)NC1=O. The summed E-state index contributed by atoms with van der Waals surface area (Å²) in [6.45, 7) is 6.10. The number of hydrogen-bond donors (Lipinski definition) is 2. The number of nitrogens with zero attached hydrogens (tertiary/aromatic N) is 1. The van der Waals surface area contributed by atoms with Crippen molar-refractivity contribution >= 4 is 29.4 Å². The summed E-state index contributed by atoms with van der Waals surface area (Å²) in [6.07, 6.45) is 0. The summed E-state index contributed by atoms with van der Waals surface area (Å²) in [5.74, 6) is -0.586. The van der Waals surface area contributed by atoms with Gasteiger partial charge in [-0.3, -0.25) is 14.9 Å². The van der Waals surface area contributed by atoms with Crippen LogP contribution < -0.4 is 10.6 Å². The van der Waals surface area contributed by atoms with Gasteiger partial charge in [0.1, 0.15) is 5.54 Å². The van der Waals surface area contributed by atoms with Crippen LogP contribution >= 0.6 is 11.6 Å². The molecular weight excluding hydrogens is 318 g/mol. The summed E-state index contributed by atoms with van der Waals surface area (Å²) in [6, 6.07) is 4.65. The zero-order chi connectivity index (χ0) is 17.0. The number of urea groups is 1. The van der Waals surface area contributed by atoms with Gasteiger partial charge in [-0.2, -0.15) is 0 Å². The highest BCUT2D eigenvalue weighted by Gasteiger charge is 2.56. The zero-order valence-corrected chi connectivity index (χ0v) is 14.0. The van der Waals surface area contributed by atoms with Crippen molar-refractivity contribution < 1.29 is 14.4 Å². The van der Waals surface area contributed by atoms with E-state index in [4.69, 9.17) is 11.6 Å². The van der Waals surface area contributed by atoms with Crippen molar-refractivity contribution in [3.05, 3.63) is 34.3 Å². The Labute approximate surface area is 139 Å². The number of rotatable bonds is 2. The first-order valence-corrected chi connectivity index (χ1v) is 7.73. The fraction of sp³-hybridized carbons (Fsp3) is 0.438. The number of carbonyl (C=O) groups excluding carboxylic acids is 3.